The maximum atomic E-state index is 5.70. The number of alkyl halides is 2. The molecule has 1 nitrogen and oxygen atoms in total. The lowest BCUT2D eigenvalue weighted by Gasteiger charge is -2.15. The Bertz CT molecular complexity index is 78.2. The molecule has 0 aliphatic heterocycles. The number of ether oxygens (including phenoxy) is 1. The first-order chi connectivity index (χ1) is 5.20. The molecule has 0 rings (SSSR count). The van der Waals surface area contributed by atoms with E-state index in [1.165, 1.54) is 25.7 Å². The van der Waals surface area contributed by atoms with Gasteiger partial charge in [0.2, 0.25) is 0 Å². The molecule has 0 N–H and O–H groups in total. The summed E-state index contributed by atoms with van der Waals surface area (Å²) in [6.45, 7) is 4.38. The normalized spacial score (nSPS) is 16.4. The van der Waals surface area contributed by atoms with E-state index in [1.54, 1.807) is 0 Å². The highest BCUT2D eigenvalue weighted by Gasteiger charge is 2.08. The Morgan fingerprint density at radius 1 is 1.00 bits per heavy atom. The Hall–Kier alpha value is 1.42. The average Bonchev–Trinajstić information content (AvgIpc) is 1.87. The van der Waals surface area contributed by atoms with Crippen LogP contribution >= 0.6 is 45.2 Å². The van der Waals surface area contributed by atoms with Gasteiger partial charge in [-0.25, -0.2) is 0 Å². The second kappa shape index (κ2) is 8.04. The molecule has 0 aromatic heterocycles. The Labute approximate surface area is 96.9 Å². The molecule has 0 bridgehead atoms. The zero-order valence-corrected chi connectivity index (χ0v) is 11.5. The standard InChI is InChI=1S/C8H16I2O/c1-3-5-7(9)11-8(10)6-4-2/h7-8H,3-6H2,1-2H3. The van der Waals surface area contributed by atoms with Crippen molar-refractivity contribution in [2.45, 2.75) is 47.8 Å². The predicted molar refractivity (Wildman–Crippen MR) is 66.5 cm³/mol. The molecule has 0 amide bonds. The van der Waals surface area contributed by atoms with Gasteiger partial charge >= 0.3 is 0 Å². The maximum Gasteiger partial charge on any atom is 0.110 e. The molecule has 0 radical (unpaired) electrons. The molecule has 0 saturated carbocycles. The highest BCUT2D eigenvalue weighted by molar-refractivity contribution is 14.1. The second-order valence-corrected chi connectivity index (χ2v) is 5.31. The minimum absolute atomic E-state index is 0.408. The van der Waals surface area contributed by atoms with Crippen LogP contribution in [0.5, 0.6) is 0 Å². The van der Waals surface area contributed by atoms with Crippen LogP contribution in [0.15, 0.2) is 0 Å². The Morgan fingerprint density at radius 2 is 1.36 bits per heavy atom. The molecule has 0 saturated heterocycles. The fourth-order valence-corrected chi connectivity index (χ4v) is 3.27. The summed E-state index contributed by atoms with van der Waals surface area (Å²) >= 11 is 4.74. The third-order valence-corrected chi connectivity index (χ3v) is 3.16. The minimum atomic E-state index is 0.408. The second-order valence-electron chi connectivity index (χ2n) is 2.53. The molecule has 0 aliphatic rings. The van der Waals surface area contributed by atoms with Gasteiger partial charge in [-0.05, 0) is 12.8 Å². The minimum Gasteiger partial charge on any atom is -0.354 e. The van der Waals surface area contributed by atoms with Gasteiger partial charge in [-0.3, -0.25) is 0 Å². The fraction of sp³-hybridized carbons (Fsp3) is 1.00. The van der Waals surface area contributed by atoms with E-state index in [1.807, 2.05) is 0 Å². The molecular weight excluding hydrogens is 366 g/mol. The van der Waals surface area contributed by atoms with Crippen LogP contribution in [0.3, 0.4) is 0 Å². The van der Waals surface area contributed by atoms with E-state index in [-0.39, 0.29) is 0 Å². The first-order valence-electron chi connectivity index (χ1n) is 4.14. The van der Waals surface area contributed by atoms with Crippen LogP contribution in [0.4, 0.5) is 0 Å². The van der Waals surface area contributed by atoms with Crippen LogP contribution in [-0.4, -0.2) is 8.22 Å². The van der Waals surface area contributed by atoms with Gasteiger partial charge in [0.1, 0.15) is 8.22 Å². The van der Waals surface area contributed by atoms with Crippen molar-refractivity contribution in [1.29, 1.82) is 0 Å². The Balaban J connectivity index is 3.32. The monoisotopic (exact) mass is 382 g/mol. The van der Waals surface area contributed by atoms with E-state index in [0.717, 1.165) is 0 Å². The van der Waals surface area contributed by atoms with Gasteiger partial charge in [-0.1, -0.05) is 71.9 Å². The lowest BCUT2D eigenvalue weighted by molar-refractivity contribution is 0.101. The van der Waals surface area contributed by atoms with Crippen molar-refractivity contribution in [2.24, 2.45) is 0 Å². The smallest absolute Gasteiger partial charge is 0.110 e. The van der Waals surface area contributed by atoms with Gasteiger partial charge in [0.05, 0.1) is 0 Å². The van der Waals surface area contributed by atoms with Crippen molar-refractivity contribution in [3.05, 3.63) is 0 Å². The summed E-state index contributed by atoms with van der Waals surface area (Å²) < 4.78 is 6.52. The average molecular weight is 382 g/mol. The van der Waals surface area contributed by atoms with E-state index in [9.17, 15) is 0 Å². The molecule has 2 atom stereocenters. The molecule has 0 heterocycles. The number of hydrogen-bond donors (Lipinski definition) is 0. The number of halogens is 2. The maximum absolute atomic E-state index is 5.70. The molecule has 0 aromatic rings. The lowest BCUT2D eigenvalue weighted by Crippen LogP contribution is -2.11. The van der Waals surface area contributed by atoms with Crippen LogP contribution in [0, 0.1) is 0 Å². The SMILES string of the molecule is CCCC(I)OC(I)CCC. The molecule has 2 unspecified atom stereocenters. The van der Waals surface area contributed by atoms with Crippen LogP contribution in [-0.2, 0) is 4.74 Å². The van der Waals surface area contributed by atoms with E-state index < -0.39 is 0 Å². The number of hydrogen-bond acceptors (Lipinski definition) is 1. The highest BCUT2D eigenvalue weighted by Crippen LogP contribution is 2.19. The van der Waals surface area contributed by atoms with E-state index >= 15 is 0 Å². The van der Waals surface area contributed by atoms with Gasteiger partial charge < -0.3 is 4.74 Å². The zero-order chi connectivity index (χ0) is 8.69. The van der Waals surface area contributed by atoms with Gasteiger partial charge in [0.25, 0.3) is 0 Å². The summed E-state index contributed by atoms with van der Waals surface area (Å²) in [5, 5.41) is 0. The molecule has 3 heteroatoms. The summed E-state index contributed by atoms with van der Waals surface area (Å²) in [6.07, 6.45) is 4.76. The van der Waals surface area contributed by atoms with Gasteiger partial charge in [-0.2, -0.15) is 0 Å². The van der Waals surface area contributed by atoms with Crippen molar-refractivity contribution in [2.75, 3.05) is 0 Å². The van der Waals surface area contributed by atoms with Gasteiger partial charge in [-0.15, -0.1) is 0 Å². The van der Waals surface area contributed by atoms with Crippen molar-refractivity contribution in [3.8, 4) is 0 Å². The summed E-state index contributed by atoms with van der Waals surface area (Å²) in [5.41, 5.74) is 0. The molecular formula is C8H16I2O. The third-order valence-electron chi connectivity index (χ3n) is 1.33. The molecule has 0 fully saturated rings. The highest BCUT2D eigenvalue weighted by atomic mass is 127. The predicted octanol–water partition coefficient (Wildman–Crippen LogP) is 4.13. The van der Waals surface area contributed by atoms with Crippen LogP contribution in [0.2, 0.25) is 0 Å². The van der Waals surface area contributed by atoms with E-state index in [2.05, 4.69) is 59.0 Å². The van der Waals surface area contributed by atoms with Crippen molar-refractivity contribution < 1.29 is 4.74 Å². The molecule has 68 valence electrons. The van der Waals surface area contributed by atoms with Crippen molar-refractivity contribution in [3.63, 3.8) is 0 Å². The third kappa shape index (κ3) is 7.77. The molecule has 0 aromatic carbocycles. The largest absolute Gasteiger partial charge is 0.354 e. The summed E-state index contributed by atoms with van der Waals surface area (Å²) in [4.78, 5) is 0. The van der Waals surface area contributed by atoms with Crippen LogP contribution < -0.4 is 0 Å². The quantitative estimate of drug-likeness (QED) is 0.496. The number of rotatable bonds is 6. The van der Waals surface area contributed by atoms with Gasteiger partial charge in [0, 0.05) is 0 Å². The van der Waals surface area contributed by atoms with Gasteiger partial charge in [0.15, 0.2) is 0 Å². The topological polar surface area (TPSA) is 9.23 Å². The van der Waals surface area contributed by atoms with E-state index in [4.69, 9.17) is 4.74 Å². The van der Waals surface area contributed by atoms with Crippen LogP contribution in [0.1, 0.15) is 39.5 Å². The zero-order valence-electron chi connectivity index (χ0n) is 7.15. The first kappa shape index (κ1) is 12.4. The summed E-state index contributed by atoms with van der Waals surface area (Å²) in [5.74, 6) is 0. The molecule has 0 spiro atoms. The molecule has 0 aliphatic carbocycles. The first-order valence-corrected chi connectivity index (χ1v) is 6.63. The summed E-state index contributed by atoms with van der Waals surface area (Å²) in [7, 11) is 0. The van der Waals surface area contributed by atoms with Crippen LogP contribution in [0.25, 0.3) is 0 Å². The van der Waals surface area contributed by atoms with Crippen molar-refractivity contribution in [1.82, 2.24) is 0 Å². The van der Waals surface area contributed by atoms with Crippen molar-refractivity contribution >= 4 is 45.2 Å². The Morgan fingerprint density at radius 3 is 1.64 bits per heavy atom. The fourth-order valence-electron chi connectivity index (χ4n) is 0.750. The van der Waals surface area contributed by atoms with E-state index in [0.29, 0.717) is 8.22 Å². The Kier molecular flexibility index (Phi) is 9.08. The summed E-state index contributed by atoms with van der Waals surface area (Å²) in [6, 6.07) is 0. The lowest BCUT2D eigenvalue weighted by atomic mass is 10.3. The molecule has 11 heavy (non-hydrogen) atoms.